The summed E-state index contributed by atoms with van der Waals surface area (Å²) < 4.78 is 30.4. The van der Waals surface area contributed by atoms with E-state index in [1.807, 2.05) is 13.8 Å². The molecule has 0 atom stereocenters. The summed E-state index contributed by atoms with van der Waals surface area (Å²) in [7, 11) is 0. The minimum absolute atomic E-state index is 0.0209. The van der Waals surface area contributed by atoms with Crippen LogP contribution in [0.1, 0.15) is 13.8 Å². The second-order valence-corrected chi connectivity index (χ2v) is 4.70. The number of halogens is 3. The van der Waals surface area contributed by atoms with E-state index in [2.05, 4.69) is 25.9 Å². The molecule has 1 aromatic rings. The van der Waals surface area contributed by atoms with Crippen molar-refractivity contribution in [3.63, 3.8) is 0 Å². The van der Waals surface area contributed by atoms with Crippen molar-refractivity contribution >= 4 is 21.7 Å². The molecule has 0 unspecified atom stereocenters. The molecule has 0 bridgehead atoms. The summed E-state index contributed by atoms with van der Waals surface area (Å²) in [4.78, 5) is 9.44. The maximum absolute atomic E-state index is 12.5. The third kappa shape index (κ3) is 5.12. The van der Waals surface area contributed by atoms with Gasteiger partial charge < -0.3 is 9.64 Å². The van der Waals surface area contributed by atoms with E-state index in [-0.39, 0.29) is 12.6 Å². The fourth-order valence-corrected chi connectivity index (χ4v) is 1.80. The second-order valence-electron chi connectivity index (χ2n) is 3.91. The van der Waals surface area contributed by atoms with E-state index in [9.17, 15) is 8.78 Å². The zero-order valence-corrected chi connectivity index (χ0v) is 11.9. The molecule has 0 saturated carbocycles. The van der Waals surface area contributed by atoms with Gasteiger partial charge in [0.1, 0.15) is 12.1 Å². The molecule has 0 aliphatic rings. The van der Waals surface area contributed by atoms with Crippen LogP contribution in [0.15, 0.2) is 12.4 Å². The topological polar surface area (TPSA) is 38.2 Å². The molecule has 1 aromatic heterocycles. The molecule has 0 saturated heterocycles. The van der Waals surface area contributed by atoms with Crippen LogP contribution < -0.4 is 9.64 Å². The second kappa shape index (κ2) is 7.45. The molecule has 102 valence electrons. The molecule has 0 fully saturated rings. The summed E-state index contributed by atoms with van der Waals surface area (Å²) in [5.74, 6) is 0.837. The third-order valence-electron chi connectivity index (χ3n) is 2.02. The van der Waals surface area contributed by atoms with Crippen molar-refractivity contribution in [2.75, 3.05) is 23.3 Å². The Morgan fingerprint density at radius 1 is 1.39 bits per heavy atom. The Hall–Kier alpha value is -0.980. The molecule has 0 spiro atoms. The molecule has 0 aliphatic heterocycles. The van der Waals surface area contributed by atoms with Crippen LogP contribution in [0, 0.1) is 0 Å². The Labute approximate surface area is 113 Å². The van der Waals surface area contributed by atoms with Crippen LogP contribution in [0.25, 0.3) is 0 Å². The third-order valence-corrected chi connectivity index (χ3v) is 2.38. The lowest BCUT2D eigenvalue weighted by molar-refractivity contribution is 0.155. The van der Waals surface area contributed by atoms with Crippen molar-refractivity contribution in [2.24, 2.45) is 0 Å². The summed E-state index contributed by atoms with van der Waals surface area (Å²) >= 11 is 3.23. The van der Waals surface area contributed by atoms with Gasteiger partial charge in [0, 0.05) is 17.9 Å². The lowest BCUT2D eigenvalue weighted by atomic mass is 10.4. The van der Waals surface area contributed by atoms with Gasteiger partial charge in [-0.2, -0.15) is 0 Å². The minimum Gasteiger partial charge on any atom is -0.475 e. The molecule has 1 heterocycles. The molecule has 7 heteroatoms. The Morgan fingerprint density at radius 3 is 2.67 bits per heavy atom. The summed E-state index contributed by atoms with van der Waals surface area (Å²) in [5.41, 5.74) is 0. The van der Waals surface area contributed by atoms with Gasteiger partial charge in [0.2, 0.25) is 5.88 Å². The average molecular weight is 324 g/mol. The maximum Gasteiger partial charge on any atom is 0.255 e. The van der Waals surface area contributed by atoms with Gasteiger partial charge in [-0.05, 0) is 13.8 Å². The number of nitrogens with zero attached hydrogens (tertiary/aromatic N) is 3. The van der Waals surface area contributed by atoms with E-state index < -0.39 is 6.43 Å². The van der Waals surface area contributed by atoms with Crippen molar-refractivity contribution in [3.05, 3.63) is 12.4 Å². The Balaban J connectivity index is 2.83. The van der Waals surface area contributed by atoms with Crippen molar-refractivity contribution in [3.8, 4) is 5.88 Å². The Kier molecular flexibility index (Phi) is 6.24. The van der Waals surface area contributed by atoms with Crippen molar-refractivity contribution in [2.45, 2.75) is 26.4 Å². The highest BCUT2D eigenvalue weighted by atomic mass is 79.9. The van der Waals surface area contributed by atoms with Gasteiger partial charge in [-0.25, -0.2) is 18.7 Å². The molecular formula is C11H16BrF2N3O. The predicted molar refractivity (Wildman–Crippen MR) is 69.8 cm³/mol. The van der Waals surface area contributed by atoms with Crippen LogP contribution >= 0.6 is 15.9 Å². The standard InChI is InChI=1S/C11H16BrF2N3O/c1-8(2)18-11-5-10(15-7-16-11)17(4-3-12)6-9(13)14/h5,7-9H,3-4,6H2,1-2H3. The highest BCUT2D eigenvalue weighted by molar-refractivity contribution is 9.09. The lowest BCUT2D eigenvalue weighted by Crippen LogP contribution is -2.31. The van der Waals surface area contributed by atoms with Crippen LogP contribution in [0.2, 0.25) is 0 Å². The zero-order chi connectivity index (χ0) is 13.5. The lowest BCUT2D eigenvalue weighted by Gasteiger charge is -2.22. The SMILES string of the molecule is CC(C)Oc1cc(N(CCBr)CC(F)F)ncn1. The van der Waals surface area contributed by atoms with Gasteiger partial charge in [-0.1, -0.05) is 15.9 Å². The monoisotopic (exact) mass is 323 g/mol. The van der Waals surface area contributed by atoms with Gasteiger partial charge >= 0.3 is 0 Å². The average Bonchev–Trinajstić information content (AvgIpc) is 2.27. The number of alkyl halides is 3. The zero-order valence-electron chi connectivity index (χ0n) is 10.3. The summed E-state index contributed by atoms with van der Waals surface area (Å²) in [6, 6.07) is 1.57. The van der Waals surface area contributed by atoms with Crippen LogP contribution in [0.5, 0.6) is 5.88 Å². The molecule has 0 aromatic carbocycles. The number of ether oxygens (including phenoxy) is 1. The minimum atomic E-state index is -2.41. The Morgan fingerprint density at radius 2 is 2.11 bits per heavy atom. The Bertz CT molecular complexity index is 366. The molecule has 1 rings (SSSR count). The van der Waals surface area contributed by atoms with Crippen LogP contribution in [-0.4, -0.2) is 40.9 Å². The first-order valence-corrected chi connectivity index (χ1v) is 6.72. The largest absolute Gasteiger partial charge is 0.475 e. The van der Waals surface area contributed by atoms with E-state index >= 15 is 0 Å². The van der Waals surface area contributed by atoms with E-state index in [1.54, 1.807) is 6.07 Å². The number of anilines is 1. The number of hydrogen-bond acceptors (Lipinski definition) is 4. The van der Waals surface area contributed by atoms with Gasteiger partial charge in [-0.15, -0.1) is 0 Å². The molecule has 18 heavy (non-hydrogen) atoms. The van der Waals surface area contributed by atoms with E-state index in [1.165, 1.54) is 11.2 Å². The van der Waals surface area contributed by atoms with Crippen LogP contribution in [0.4, 0.5) is 14.6 Å². The van der Waals surface area contributed by atoms with E-state index in [4.69, 9.17) is 4.74 Å². The first kappa shape index (κ1) is 15.1. The van der Waals surface area contributed by atoms with Crippen molar-refractivity contribution in [1.82, 2.24) is 9.97 Å². The predicted octanol–water partition coefficient (Wildman–Crippen LogP) is 2.73. The normalized spacial score (nSPS) is 11.1. The fourth-order valence-electron chi connectivity index (χ4n) is 1.38. The highest BCUT2D eigenvalue weighted by Crippen LogP contribution is 2.17. The summed E-state index contributed by atoms with van der Waals surface area (Å²) in [6.45, 7) is 3.83. The van der Waals surface area contributed by atoms with Crippen LogP contribution in [-0.2, 0) is 0 Å². The van der Waals surface area contributed by atoms with Crippen LogP contribution in [0.3, 0.4) is 0 Å². The van der Waals surface area contributed by atoms with Crippen molar-refractivity contribution < 1.29 is 13.5 Å². The first-order chi connectivity index (χ1) is 8.52. The van der Waals surface area contributed by atoms with Gasteiger partial charge in [0.15, 0.2) is 0 Å². The van der Waals surface area contributed by atoms with E-state index in [0.29, 0.717) is 23.6 Å². The number of aromatic nitrogens is 2. The quantitative estimate of drug-likeness (QED) is 0.723. The summed E-state index contributed by atoms with van der Waals surface area (Å²) in [6.07, 6.45) is -1.11. The number of rotatable bonds is 7. The molecule has 4 nitrogen and oxygen atoms in total. The molecule has 0 radical (unpaired) electrons. The van der Waals surface area contributed by atoms with Gasteiger partial charge in [0.25, 0.3) is 6.43 Å². The molecule has 0 aliphatic carbocycles. The first-order valence-electron chi connectivity index (χ1n) is 5.60. The van der Waals surface area contributed by atoms with Gasteiger partial charge in [0.05, 0.1) is 12.6 Å². The van der Waals surface area contributed by atoms with Gasteiger partial charge in [-0.3, -0.25) is 0 Å². The summed E-state index contributed by atoms with van der Waals surface area (Å²) in [5, 5.41) is 0.587. The smallest absolute Gasteiger partial charge is 0.255 e. The molecule has 0 N–H and O–H groups in total. The number of hydrogen-bond donors (Lipinski definition) is 0. The maximum atomic E-state index is 12.5. The van der Waals surface area contributed by atoms with E-state index in [0.717, 1.165) is 0 Å². The highest BCUT2D eigenvalue weighted by Gasteiger charge is 2.14. The fraction of sp³-hybridized carbons (Fsp3) is 0.636. The van der Waals surface area contributed by atoms with Crippen molar-refractivity contribution in [1.29, 1.82) is 0 Å². The molecular weight excluding hydrogens is 308 g/mol. The molecule has 0 amide bonds.